The highest BCUT2D eigenvalue weighted by atomic mass is 19.3. The Morgan fingerprint density at radius 1 is 1.15 bits per heavy atom. The molecule has 0 unspecified atom stereocenters. The molecule has 0 atom stereocenters. The summed E-state index contributed by atoms with van der Waals surface area (Å²) in [5.74, 6) is 1.33. The number of aromatic nitrogens is 1. The average Bonchev–Trinajstić information content (AvgIpc) is 3.07. The number of benzene rings is 2. The van der Waals surface area contributed by atoms with Crippen molar-refractivity contribution in [3.63, 3.8) is 0 Å². The number of H-pyrrole nitrogens is 1. The maximum absolute atomic E-state index is 12.2. The SMILES string of the molecule is COc1cccc2[nH]cc(CCNCc3cccc(OCC(F)F)c3)c12. The first-order valence-corrected chi connectivity index (χ1v) is 8.51. The van der Waals surface area contributed by atoms with Gasteiger partial charge in [0.15, 0.2) is 0 Å². The van der Waals surface area contributed by atoms with Crippen LogP contribution in [-0.4, -0.2) is 31.7 Å². The Morgan fingerprint density at radius 2 is 2.00 bits per heavy atom. The van der Waals surface area contributed by atoms with E-state index in [0.29, 0.717) is 12.3 Å². The van der Waals surface area contributed by atoms with Gasteiger partial charge in [-0.2, -0.15) is 0 Å². The summed E-state index contributed by atoms with van der Waals surface area (Å²) in [6, 6.07) is 13.2. The highest BCUT2D eigenvalue weighted by Gasteiger charge is 2.09. The average molecular weight is 360 g/mol. The number of ether oxygens (including phenoxy) is 2. The highest BCUT2D eigenvalue weighted by Crippen LogP contribution is 2.28. The Labute approximate surface area is 151 Å². The molecule has 6 heteroatoms. The van der Waals surface area contributed by atoms with Crippen LogP contribution in [0.1, 0.15) is 11.1 Å². The first-order valence-electron chi connectivity index (χ1n) is 8.51. The summed E-state index contributed by atoms with van der Waals surface area (Å²) in [5.41, 5.74) is 3.25. The minimum Gasteiger partial charge on any atom is -0.496 e. The van der Waals surface area contributed by atoms with E-state index in [9.17, 15) is 8.78 Å². The summed E-state index contributed by atoms with van der Waals surface area (Å²) < 4.78 is 34.9. The maximum Gasteiger partial charge on any atom is 0.272 e. The van der Waals surface area contributed by atoms with Gasteiger partial charge in [0.1, 0.15) is 18.1 Å². The van der Waals surface area contributed by atoms with Crippen molar-refractivity contribution < 1.29 is 18.3 Å². The predicted octanol–water partition coefficient (Wildman–Crippen LogP) is 4.15. The van der Waals surface area contributed by atoms with Gasteiger partial charge in [-0.15, -0.1) is 0 Å². The zero-order chi connectivity index (χ0) is 18.4. The lowest BCUT2D eigenvalue weighted by molar-refractivity contribution is 0.0818. The van der Waals surface area contributed by atoms with Gasteiger partial charge >= 0.3 is 0 Å². The molecular formula is C20H22F2N2O2. The summed E-state index contributed by atoms with van der Waals surface area (Å²) in [6.45, 7) is 0.845. The van der Waals surface area contributed by atoms with Gasteiger partial charge < -0.3 is 19.8 Å². The van der Waals surface area contributed by atoms with Crippen molar-refractivity contribution in [1.82, 2.24) is 10.3 Å². The molecule has 0 saturated heterocycles. The van der Waals surface area contributed by atoms with Crippen molar-refractivity contribution in [2.45, 2.75) is 19.4 Å². The van der Waals surface area contributed by atoms with Crippen molar-refractivity contribution in [1.29, 1.82) is 0 Å². The zero-order valence-corrected chi connectivity index (χ0v) is 14.6. The highest BCUT2D eigenvalue weighted by molar-refractivity contribution is 5.89. The van der Waals surface area contributed by atoms with E-state index in [4.69, 9.17) is 9.47 Å². The predicted molar refractivity (Wildman–Crippen MR) is 98.2 cm³/mol. The lowest BCUT2D eigenvalue weighted by Gasteiger charge is -2.09. The Bertz CT molecular complexity index is 849. The molecule has 0 bridgehead atoms. The second-order valence-electron chi connectivity index (χ2n) is 5.97. The molecule has 3 rings (SSSR count). The normalized spacial score (nSPS) is 11.2. The van der Waals surface area contributed by atoms with Crippen molar-refractivity contribution in [3.05, 3.63) is 59.8 Å². The molecule has 0 aliphatic rings. The van der Waals surface area contributed by atoms with E-state index in [1.165, 1.54) is 5.56 Å². The third-order valence-corrected chi connectivity index (χ3v) is 4.14. The van der Waals surface area contributed by atoms with Gasteiger partial charge in [-0.25, -0.2) is 8.78 Å². The van der Waals surface area contributed by atoms with E-state index in [-0.39, 0.29) is 0 Å². The molecule has 26 heavy (non-hydrogen) atoms. The topological polar surface area (TPSA) is 46.3 Å². The van der Waals surface area contributed by atoms with Gasteiger partial charge in [0.2, 0.25) is 0 Å². The third kappa shape index (κ3) is 4.52. The number of hydrogen-bond donors (Lipinski definition) is 2. The van der Waals surface area contributed by atoms with Gasteiger partial charge in [0.25, 0.3) is 6.43 Å². The fourth-order valence-electron chi connectivity index (χ4n) is 2.95. The number of fused-ring (bicyclic) bond motifs is 1. The molecule has 0 fully saturated rings. The Balaban J connectivity index is 1.54. The molecule has 3 aromatic rings. The molecule has 1 heterocycles. The number of halogens is 2. The fourth-order valence-corrected chi connectivity index (χ4v) is 2.95. The summed E-state index contributed by atoms with van der Waals surface area (Å²) in [5, 5.41) is 4.49. The van der Waals surface area contributed by atoms with E-state index in [1.807, 2.05) is 36.5 Å². The summed E-state index contributed by atoms with van der Waals surface area (Å²) in [6.07, 6.45) is 0.389. The van der Waals surface area contributed by atoms with Crippen molar-refractivity contribution in [3.8, 4) is 11.5 Å². The molecule has 4 nitrogen and oxygen atoms in total. The van der Waals surface area contributed by atoms with Crippen LogP contribution in [0.3, 0.4) is 0 Å². The van der Waals surface area contributed by atoms with E-state index >= 15 is 0 Å². The number of alkyl halides is 2. The molecule has 0 amide bonds. The van der Waals surface area contributed by atoms with Crippen LogP contribution in [0.4, 0.5) is 8.78 Å². The van der Waals surface area contributed by atoms with Gasteiger partial charge in [0, 0.05) is 23.6 Å². The Morgan fingerprint density at radius 3 is 2.81 bits per heavy atom. The van der Waals surface area contributed by atoms with E-state index in [0.717, 1.165) is 35.2 Å². The van der Waals surface area contributed by atoms with Gasteiger partial charge in [-0.05, 0) is 48.4 Å². The lowest BCUT2D eigenvalue weighted by Crippen LogP contribution is -2.16. The standard InChI is InChI=1S/C20H22F2N2O2/c1-25-18-7-3-6-17-20(18)15(12-24-17)8-9-23-11-14-4-2-5-16(10-14)26-13-19(21)22/h2-7,10,12,19,23-24H,8-9,11,13H2,1H3. The maximum atomic E-state index is 12.2. The fraction of sp³-hybridized carbons (Fsp3) is 0.300. The number of rotatable bonds is 9. The van der Waals surface area contributed by atoms with Crippen LogP contribution < -0.4 is 14.8 Å². The van der Waals surface area contributed by atoms with Crippen molar-refractivity contribution in [2.75, 3.05) is 20.3 Å². The number of nitrogens with one attached hydrogen (secondary N) is 2. The van der Waals surface area contributed by atoms with E-state index in [1.54, 1.807) is 19.2 Å². The Kier molecular flexibility index (Phi) is 6.07. The van der Waals surface area contributed by atoms with Crippen LogP contribution in [0.2, 0.25) is 0 Å². The van der Waals surface area contributed by atoms with Crippen LogP contribution >= 0.6 is 0 Å². The monoisotopic (exact) mass is 360 g/mol. The van der Waals surface area contributed by atoms with Gasteiger partial charge in [-0.3, -0.25) is 0 Å². The number of aromatic amines is 1. The molecule has 0 aliphatic heterocycles. The summed E-state index contributed by atoms with van der Waals surface area (Å²) >= 11 is 0. The van der Waals surface area contributed by atoms with Crippen LogP contribution in [0.25, 0.3) is 10.9 Å². The molecule has 1 aromatic heterocycles. The molecule has 0 saturated carbocycles. The lowest BCUT2D eigenvalue weighted by atomic mass is 10.1. The molecular weight excluding hydrogens is 338 g/mol. The van der Waals surface area contributed by atoms with E-state index in [2.05, 4.69) is 10.3 Å². The van der Waals surface area contributed by atoms with Crippen molar-refractivity contribution in [2.24, 2.45) is 0 Å². The smallest absolute Gasteiger partial charge is 0.272 e. The second-order valence-corrected chi connectivity index (χ2v) is 5.97. The second kappa shape index (κ2) is 8.67. The summed E-state index contributed by atoms with van der Waals surface area (Å²) in [4.78, 5) is 3.27. The molecule has 0 spiro atoms. The third-order valence-electron chi connectivity index (χ3n) is 4.14. The molecule has 2 aromatic carbocycles. The number of hydrogen-bond acceptors (Lipinski definition) is 3. The minimum atomic E-state index is -2.47. The van der Waals surface area contributed by atoms with Crippen molar-refractivity contribution >= 4 is 10.9 Å². The molecule has 138 valence electrons. The largest absolute Gasteiger partial charge is 0.496 e. The van der Waals surface area contributed by atoms with Crippen LogP contribution in [0.15, 0.2) is 48.7 Å². The minimum absolute atomic E-state index is 0.464. The van der Waals surface area contributed by atoms with Crippen LogP contribution in [0, 0.1) is 0 Å². The Hall–Kier alpha value is -2.60. The van der Waals surface area contributed by atoms with Crippen LogP contribution in [0.5, 0.6) is 11.5 Å². The zero-order valence-electron chi connectivity index (χ0n) is 14.6. The quantitative estimate of drug-likeness (QED) is 0.564. The molecule has 0 radical (unpaired) electrons. The molecule has 2 N–H and O–H groups in total. The number of methoxy groups -OCH3 is 1. The van der Waals surface area contributed by atoms with Crippen LogP contribution in [-0.2, 0) is 13.0 Å². The van der Waals surface area contributed by atoms with E-state index < -0.39 is 13.0 Å². The van der Waals surface area contributed by atoms with Gasteiger partial charge in [0.05, 0.1) is 7.11 Å². The summed E-state index contributed by atoms with van der Waals surface area (Å²) in [7, 11) is 1.67. The first-order chi connectivity index (χ1) is 12.7. The first kappa shape index (κ1) is 18.2. The molecule has 0 aliphatic carbocycles. The van der Waals surface area contributed by atoms with Gasteiger partial charge in [-0.1, -0.05) is 18.2 Å².